The number of likely N-dealkylation sites (N-methyl/N-ethyl adjacent to an activating group) is 1. The summed E-state index contributed by atoms with van der Waals surface area (Å²) in [5.74, 6) is -0.258. The monoisotopic (exact) mass is 267 g/mol. The maximum absolute atomic E-state index is 12.1. The summed E-state index contributed by atoms with van der Waals surface area (Å²) in [4.78, 5) is 23.7. The van der Waals surface area contributed by atoms with E-state index in [4.69, 9.17) is 10.5 Å². The van der Waals surface area contributed by atoms with Crippen molar-refractivity contribution >= 4 is 17.3 Å². The van der Waals surface area contributed by atoms with Crippen LogP contribution in [0.15, 0.2) is 18.2 Å². The molecule has 1 unspecified atom stereocenters. The van der Waals surface area contributed by atoms with Crippen molar-refractivity contribution in [1.82, 2.24) is 4.90 Å². The third-order valence-corrected chi connectivity index (χ3v) is 2.86. The van der Waals surface area contributed by atoms with Crippen LogP contribution in [0.3, 0.4) is 0 Å². The second-order valence-corrected chi connectivity index (χ2v) is 4.25. The first-order chi connectivity index (χ1) is 8.88. The number of anilines is 1. The second kappa shape index (κ2) is 6.14. The molecule has 1 aromatic carbocycles. The van der Waals surface area contributed by atoms with E-state index in [1.54, 1.807) is 14.2 Å². The van der Waals surface area contributed by atoms with Crippen LogP contribution >= 0.6 is 0 Å². The van der Waals surface area contributed by atoms with Crippen molar-refractivity contribution in [2.24, 2.45) is 0 Å². The molecule has 1 aromatic rings. The average Bonchev–Trinajstić information content (AvgIpc) is 2.36. The summed E-state index contributed by atoms with van der Waals surface area (Å²) < 4.78 is 4.98. The first-order valence-electron chi connectivity index (χ1n) is 5.68. The lowest BCUT2D eigenvalue weighted by Gasteiger charge is -2.24. The molecule has 1 atom stereocenters. The number of nitro benzene ring substituents is 1. The third kappa shape index (κ3) is 3.41. The number of carbonyl (C=O) groups excluding carboxylic acids is 1. The topological polar surface area (TPSA) is 98.7 Å². The fourth-order valence-electron chi connectivity index (χ4n) is 1.61. The minimum absolute atomic E-state index is 0.0244. The Bertz CT molecular complexity index is 490. The summed E-state index contributed by atoms with van der Waals surface area (Å²) >= 11 is 0. The van der Waals surface area contributed by atoms with Crippen LogP contribution < -0.4 is 5.73 Å². The quantitative estimate of drug-likeness (QED) is 0.492. The van der Waals surface area contributed by atoms with E-state index in [0.717, 1.165) is 0 Å². The molecule has 104 valence electrons. The molecule has 0 heterocycles. The highest BCUT2D eigenvalue weighted by molar-refractivity contribution is 5.95. The molecule has 7 heteroatoms. The van der Waals surface area contributed by atoms with Gasteiger partial charge in [0, 0.05) is 25.8 Å². The van der Waals surface area contributed by atoms with E-state index < -0.39 is 4.92 Å². The van der Waals surface area contributed by atoms with Gasteiger partial charge < -0.3 is 15.4 Å². The Labute approximate surface area is 111 Å². The summed E-state index contributed by atoms with van der Waals surface area (Å²) in [6.07, 6.45) is 0. The zero-order valence-corrected chi connectivity index (χ0v) is 11.1. The summed E-state index contributed by atoms with van der Waals surface area (Å²) in [7, 11) is 3.20. The van der Waals surface area contributed by atoms with Gasteiger partial charge in [0.2, 0.25) is 0 Å². The number of nitro groups is 1. The van der Waals surface area contributed by atoms with E-state index in [1.165, 1.54) is 23.1 Å². The number of amides is 1. The van der Waals surface area contributed by atoms with Crippen molar-refractivity contribution in [3.8, 4) is 0 Å². The molecular formula is C12H17N3O4. The number of nitrogens with two attached hydrogens (primary N) is 1. The molecule has 0 saturated carbocycles. The number of nitrogens with zero attached hydrogens (tertiary/aromatic N) is 2. The van der Waals surface area contributed by atoms with Crippen molar-refractivity contribution in [1.29, 1.82) is 0 Å². The van der Waals surface area contributed by atoms with Gasteiger partial charge in [0.25, 0.3) is 11.6 Å². The molecular weight excluding hydrogens is 250 g/mol. The Morgan fingerprint density at radius 3 is 2.68 bits per heavy atom. The average molecular weight is 267 g/mol. The fraction of sp³-hybridized carbons (Fsp3) is 0.417. The lowest BCUT2D eigenvalue weighted by atomic mass is 10.1. The highest BCUT2D eigenvalue weighted by atomic mass is 16.6. The maximum atomic E-state index is 12.1. The number of benzene rings is 1. The standard InChI is InChI=1S/C12H17N3O4/c1-8(7-19-3)14(2)12(16)9-4-5-11(15(17)18)10(13)6-9/h4-6,8H,7,13H2,1-3H3. The minimum atomic E-state index is -0.582. The van der Waals surface area contributed by atoms with Crippen molar-refractivity contribution in [2.75, 3.05) is 26.5 Å². The zero-order chi connectivity index (χ0) is 14.6. The smallest absolute Gasteiger partial charge is 0.292 e. The van der Waals surface area contributed by atoms with Gasteiger partial charge in [0.05, 0.1) is 17.6 Å². The second-order valence-electron chi connectivity index (χ2n) is 4.25. The molecule has 0 aliphatic rings. The Kier molecular flexibility index (Phi) is 4.82. The SMILES string of the molecule is COCC(C)N(C)C(=O)c1ccc([N+](=O)[O-])c(N)c1. The Balaban J connectivity index is 2.95. The lowest BCUT2D eigenvalue weighted by molar-refractivity contribution is -0.383. The molecule has 0 aliphatic carbocycles. The van der Waals surface area contributed by atoms with Gasteiger partial charge in [-0.25, -0.2) is 0 Å². The Morgan fingerprint density at radius 2 is 2.21 bits per heavy atom. The van der Waals surface area contributed by atoms with E-state index in [9.17, 15) is 14.9 Å². The maximum Gasteiger partial charge on any atom is 0.292 e. The molecule has 7 nitrogen and oxygen atoms in total. The predicted molar refractivity (Wildman–Crippen MR) is 70.9 cm³/mol. The normalized spacial score (nSPS) is 11.9. The van der Waals surface area contributed by atoms with Gasteiger partial charge in [0.15, 0.2) is 0 Å². The van der Waals surface area contributed by atoms with Crippen LogP contribution in [0.25, 0.3) is 0 Å². The van der Waals surface area contributed by atoms with Gasteiger partial charge in [-0.05, 0) is 19.1 Å². The van der Waals surface area contributed by atoms with Crippen LogP contribution in [0.4, 0.5) is 11.4 Å². The van der Waals surface area contributed by atoms with Crippen molar-refractivity contribution in [3.63, 3.8) is 0 Å². The Morgan fingerprint density at radius 1 is 1.58 bits per heavy atom. The van der Waals surface area contributed by atoms with Crippen LogP contribution in [0.1, 0.15) is 17.3 Å². The molecule has 0 aromatic heterocycles. The highest BCUT2D eigenvalue weighted by Gasteiger charge is 2.20. The molecule has 0 fully saturated rings. The summed E-state index contributed by atoms with van der Waals surface area (Å²) in [5.41, 5.74) is 5.64. The van der Waals surface area contributed by atoms with E-state index in [2.05, 4.69) is 0 Å². The van der Waals surface area contributed by atoms with Gasteiger partial charge in [-0.1, -0.05) is 0 Å². The number of ether oxygens (including phenoxy) is 1. The molecule has 1 amide bonds. The zero-order valence-electron chi connectivity index (χ0n) is 11.1. The molecule has 0 saturated heterocycles. The molecule has 0 radical (unpaired) electrons. The van der Waals surface area contributed by atoms with Crippen LogP contribution in [0.2, 0.25) is 0 Å². The summed E-state index contributed by atoms with van der Waals surface area (Å²) in [6, 6.07) is 3.84. The number of hydrogen-bond donors (Lipinski definition) is 1. The predicted octanol–water partition coefficient (Wildman–Crippen LogP) is 1.28. The van der Waals surface area contributed by atoms with Gasteiger partial charge >= 0.3 is 0 Å². The largest absolute Gasteiger partial charge is 0.393 e. The molecule has 0 bridgehead atoms. The highest BCUT2D eigenvalue weighted by Crippen LogP contribution is 2.22. The van der Waals surface area contributed by atoms with Crippen molar-refractivity contribution < 1.29 is 14.5 Å². The van der Waals surface area contributed by atoms with Crippen LogP contribution in [0.5, 0.6) is 0 Å². The molecule has 2 N–H and O–H groups in total. The molecule has 0 aliphatic heterocycles. The molecule has 19 heavy (non-hydrogen) atoms. The number of rotatable bonds is 5. The summed E-state index contributed by atoms with van der Waals surface area (Å²) in [6.45, 7) is 2.25. The van der Waals surface area contributed by atoms with Gasteiger partial charge in [-0.2, -0.15) is 0 Å². The number of nitrogen functional groups attached to an aromatic ring is 1. The van der Waals surface area contributed by atoms with Crippen molar-refractivity contribution in [3.05, 3.63) is 33.9 Å². The molecule has 1 rings (SSSR count). The van der Waals surface area contributed by atoms with Gasteiger partial charge in [-0.3, -0.25) is 14.9 Å². The first kappa shape index (κ1) is 14.9. The number of carbonyl (C=O) groups is 1. The van der Waals surface area contributed by atoms with Crippen LogP contribution in [0, 0.1) is 10.1 Å². The molecule has 0 spiro atoms. The van der Waals surface area contributed by atoms with E-state index in [-0.39, 0.29) is 23.3 Å². The third-order valence-electron chi connectivity index (χ3n) is 2.86. The fourth-order valence-corrected chi connectivity index (χ4v) is 1.61. The Hall–Kier alpha value is -2.15. The number of hydrogen-bond acceptors (Lipinski definition) is 5. The van der Waals surface area contributed by atoms with E-state index in [0.29, 0.717) is 12.2 Å². The lowest BCUT2D eigenvalue weighted by Crippen LogP contribution is -2.37. The minimum Gasteiger partial charge on any atom is -0.393 e. The van der Waals surface area contributed by atoms with Crippen LogP contribution in [-0.4, -0.2) is 42.5 Å². The van der Waals surface area contributed by atoms with Gasteiger partial charge in [0.1, 0.15) is 5.69 Å². The van der Waals surface area contributed by atoms with Crippen LogP contribution in [-0.2, 0) is 4.74 Å². The van der Waals surface area contributed by atoms with Gasteiger partial charge in [-0.15, -0.1) is 0 Å². The summed E-state index contributed by atoms with van der Waals surface area (Å²) in [5, 5.41) is 10.6. The van der Waals surface area contributed by atoms with E-state index in [1.807, 2.05) is 6.92 Å². The first-order valence-corrected chi connectivity index (χ1v) is 5.68. The van der Waals surface area contributed by atoms with Crippen molar-refractivity contribution in [2.45, 2.75) is 13.0 Å². The van der Waals surface area contributed by atoms with E-state index >= 15 is 0 Å². The number of methoxy groups -OCH3 is 1.